The molecule has 4 heteroatoms. The molecule has 1 unspecified atom stereocenters. The zero-order valence-corrected chi connectivity index (χ0v) is 7.67. The second-order valence-electron chi connectivity index (χ2n) is 2.85. The molecule has 0 aliphatic rings. The Labute approximate surface area is 72.8 Å². The third-order valence-corrected chi connectivity index (χ3v) is 1.96. The van der Waals surface area contributed by atoms with E-state index >= 15 is 0 Å². The molecular formula is C8H16N4. The van der Waals surface area contributed by atoms with Crippen molar-refractivity contribution in [3.63, 3.8) is 0 Å². The third-order valence-electron chi connectivity index (χ3n) is 1.96. The molecule has 0 saturated heterocycles. The van der Waals surface area contributed by atoms with Crippen LogP contribution in [0, 0.1) is 0 Å². The normalized spacial score (nSPS) is 13.2. The largest absolute Gasteiger partial charge is 0.310 e. The number of unbranched alkanes of at least 4 members (excludes halogenated alkanes) is 1. The van der Waals surface area contributed by atoms with Crippen LogP contribution in [-0.4, -0.2) is 22.2 Å². The maximum absolute atomic E-state index is 4.11. The second kappa shape index (κ2) is 4.87. The number of hydrogen-bond acceptors (Lipinski definition) is 3. The summed E-state index contributed by atoms with van der Waals surface area (Å²) in [6, 6.07) is 0.326. The molecule has 12 heavy (non-hydrogen) atoms. The lowest BCUT2D eigenvalue weighted by molar-refractivity contribution is 0.500. The molecular weight excluding hydrogens is 152 g/mol. The monoisotopic (exact) mass is 168 g/mol. The summed E-state index contributed by atoms with van der Waals surface area (Å²) in [4.78, 5) is 4.11. The molecule has 1 atom stereocenters. The Kier molecular flexibility index (Phi) is 3.73. The molecule has 2 N–H and O–H groups in total. The quantitative estimate of drug-likeness (QED) is 0.695. The van der Waals surface area contributed by atoms with Crippen LogP contribution >= 0.6 is 0 Å². The molecule has 0 aromatic carbocycles. The summed E-state index contributed by atoms with van der Waals surface area (Å²) in [5, 5.41) is 9.90. The number of nitrogens with one attached hydrogen (secondary N) is 2. The first kappa shape index (κ1) is 9.19. The van der Waals surface area contributed by atoms with Gasteiger partial charge >= 0.3 is 0 Å². The molecule has 0 saturated carbocycles. The van der Waals surface area contributed by atoms with E-state index in [0.717, 1.165) is 12.2 Å². The topological polar surface area (TPSA) is 53.6 Å². The van der Waals surface area contributed by atoms with Crippen molar-refractivity contribution in [2.24, 2.45) is 0 Å². The second-order valence-corrected chi connectivity index (χ2v) is 2.85. The van der Waals surface area contributed by atoms with Gasteiger partial charge in [-0.1, -0.05) is 19.8 Å². The number of aromatic nitrogens is 3. The summed E-state index contributed by atoms with van der Waals surface area (Å²) in [6.45, 7) is 2.19. The van der Waals surface area contributed by atoms with Crippen molar-refractivity contribution in [1.29, 1.82) is 0 Å². The van der Waals surface area contributed by atoms with E-state index in [1.165, 1.54) is 12.8 Å². The van der Waals surface area contributed by atoms with Crippen molar-refractivity contribution in [2.45, 2.75) is 32.2 Å². The van der Waals surface area contributed by atoms with Crippen LogP contribution < -0.4 is 5.32 Å². The van der Waals surface area contributed by atoms with Gasteiger partial charge in [-0.25, -0.2) is 4.98 Å². The number of aromatic amines is 1. The summed E-state index contributed by atoms with van der Waals surface area (Å²) in [7, 11) is 1.95. The van der Waals surface area contributed by atoms with Gasteiger partial charge in [-0.15, -0.1) is 0 Å². The SMILES string of the molecule is CCCCC(NC)c1ncn[nH]1. The molecule has 0 aliphatic carbocycles. The fourth-order valence-corrected chi connectivity index (χ4v) is 1.21. The molecule has 0 amide bonds. The molecule has 0 fully saturated rings. The van der Waals surface area contributed by atoms with Crippen LogP contribution in [0.15, 0.2) is 6.33 Å². The summed E-state index contributed by atoms with van der Waals surface area (Å²) in [6.07, 6.45) is 5.09. The summed E-state index contributed by atoms with van der Waals surface area (Å²) in [5.41, 5.74) is 0. The van der Waals surface area contributed by atoms with Crippen molar-refractivity contribution in [2.75, 3.05) is 7.05 Å². The molecule has 0 aliphatic heterocycles. The molecule has 0 bridgehead atoms. The molecule has 1 aromatic heterocycles. The first-order chi connectivity index (χ1) is 5.88. The first-order valence-electron chi connectivity index (χ1n) is 4.41. The van der Waals surface area contributed by atoms with Crippen molar-refractivity contribution in [3.8, 4) is 0 Å². The average Bonchev–Trinajstić information content (AvgIpc) is 2.59. The van der Waals surface area contributed by atoms with E-state index in [9.17, 15) is 0 Å². The Bertz CT molecular complexity index is 195. The molecule has 0 spiro atoms. The van der Waals surface area contributed by atoms with Gasteiger partial charge in [0, 0.05) is 0 Å². The lowest BCUT2D eigenvalue weighted by Gasteiger charge is -2.11. The van der Waals surface area contributed by atoms with Gasteiger partial charge < -0.3 is 5.32 Å². The van der Waals surface area contributed by atoms with Gasteiger partial charge in [0.1, 0.15) is 12.2 Å². The van der Waals surface area contributed by atoms with Gasteiger partial charge in [-0.3, -0.25) is 5.10 Å². The van der Waals surface area contributed by atoms with Crippen molar-refractivity contribution in [1.82, 2.24) is 20.5 Å². The highest BCUT2D eigenvalue weighted by Gasteiger charge is 2.10. The maximum Gasteiger partial charge on any atom is 0.141 e. The molecule has 1 rings (SSSR count). The zero-order chi connectivity index (χ0) is 8.81. The molecule has 1 aromatic rings. The highest BCUT2D eigenvalue weighted by atomic mass is 15.2. The molecule has 1 heterocycles. The Morgan fingerprint density at radius 2 is 2.50 bits per heavy atom. The Morgan fingerprint density at radius 1 is 1.67 bits per heavy atom. The molecule has 0 radical (unpaired) electrons. The van der Waals surface area contributed by atoms with Gasteiger partial charge in [0.05, 0.1) is 6.04 Å². The van der Waals surface area contributed by atoms with Crippen LogP contribution in [0.4, 0.5) is 0 Å². The van der Waals surface area contributed by atoms with E-state index in [1.54, 1.807) is 6.33 Å². The summed E-state index contributed by atoms with van der Waals surface area (Å²) >= 11 is 0. The van der Waals surface area contributed by atoms with Gasteiger partial charge in [0.15, 0.2) is 0 Å². The van der Waals surface area contributed by atoms with Crippen LogP contribution in [0.25, 0.3) is 0 Å². The minimum absolute atomic E-state index is 0.326. The van der Waals surface area contributed by atoms with Crippen LogP contribution in [0.3, 0.4) is 0 Å². The fourth-order valence-electron chi connectivity index (χ4n) is 1.21. The Hall–Kier alpha value is -0.900. The van der Waals surface area contributed by atoms with Gasteiger partial charge in [-0.2, -0.15) is 5.10 Å². The van der Waals surface area contributed by atoms with E-state index in [2.05, 4.69) is 27.4 Å². The number of nitrogens with zero attached hydrogens (tertiary/aromatic N) is 2. The molecule has 4 nitrogen and oxygen atoms in total. The Balaban J connectivity index is 2.45. The standard InChI is InChI=1S/C8H16N4/c1-3-4-5-7(9-2)8-10-6-11-12-8/h6-7,9H,3-5H2,1-2H3,(H,10,11,12). The maximum atomic E-state index is 4.11. The van der Waals surface area contributed by atoms with Gasteiger partial charge in [0.25, 0.3) is 0 Å². The minimum Gasteiger partial charge on any atom is -0.310 e. The van der Waals surface area contributed by atoms with Crippen molar-refractivity contribution < 1.29 is 0 Å². The predicted octanol–water partition coefficient (Wildman–Crippen LogP) is 1.26. The van der Waals surface area contributed by atoms with Crippen LogP contribution in [0.5, 0.6) is 0 Å². The average molecular weight is 168 g/mol. The molecule has 68 valence electrons. The highest BCUT2D eigenvalue weighted by Crippen LogP contribution is 2.13. The van der Waals surface area contributed by atoms with E-state index < -0.39 is 0 Å². The van der Waals surface area contributed by atoms with Gasteiger partial charge in [0.2, 0.25) is 0 Å². The van der Waals surface area contributed by atoms with Crippen LogP contribution in [-0.2, 0) is 0 Å². The number of hydrogen-bond donors (Lipinski definition) is 2. The van der Waals surface area contributed by atoms with Crippen LogP contribution in [0.1, 0.15) is 38.1 Å². The summed E-state index contributed by atoms with van der Waals surface area (Å²) in [5.74, 6) is 0.936. The number of rotatable bonds is 5. The Morgan fingerprint density at radius 3 is 3.00 bits per heavy atom. The first-order valence-corrected chi connectivity index (χ1v) is 4.41. The van der Waals surface area contributed by atoms with Crippen molar-refractivity contribution >= 4 is 0 Å². The van der Waals surface area contributed by atoms with Crippen molar-refractivity contribution in [3.05, 3.63) is 12.2 Å². The smallest absolute Gasteiger partial charge is 0.141 e. The predicted molar refractivity (Wildman–Crippen MR) is 47.7 cm³/mol. The zero-order valence-electron chi connectivity index (χ0n) is 7.67. The van der Waals surface area contributed by atoms with E-state index in [-0.39, 0.29) is 0 Å². The summed E-state index contributed by atoms with van der Waals surface area (Å²) < 4.78 is 0. The van der Waals surface area contributed by atoms with E-state index in [0.29, 0.717) is 6.04 Å². The third kappa shape index (κ3) is 2.30. The van der Waals surface area contributed by atoms with Crippen LogP contribution in [0.2, 0.25) is 0 Å². The van der Waals surface area contributed by atoms with E-state index in [4.69, 9.17) is 0 Å². The number of H-pyrrole nitrogens is 1. The lowest BCUT2D eigenvalue weighted by atomic mass is 10.1. The van der Waals surface area contributed by atoms with E-state index in [1.807, 2.05) is 7.05 Å². The fraction of sp³-hybridized carbons (Fsp3) is 0.750. The lowest BCUT2D eigenvalue weighted by Crippen LogP contribution is -2.17. The van der Waals surface area contributed by atoms with Gasteiger partial charge in [-0.05, 0) is 13.5 Å². The minimum atomic E-state index is 0.326. The highest BCUT2D eigenvalue weighted by molar-refractivity contribution is 4.90.